The number of nitriles is 1. The molecule has 1 aliphatic heterocycles. The van der Waals surface area contributed by atoms with Gasteiger partial charge in [0.15, 0.2) is 5.75 Å². The van der Waals surface area contributed by atoms with Gasteiger partial charge in [-0.05, 0) is 7.05 Å². The van der Waals surface area contributed by atoms with Crippen LogP contribution in [0.25, 0.3) is 0 Å². The summed E-state index contributed by atoms with van der Waals surface area (Å²) in [7, 11) is 3.67. The molecule has 1 saturated heterocycles. The number of nitrogens with zero attached hydrogens (tertiary/aromatic N) is 3. The van der Waals surface area contributed by atoms with Crippen LogP contribution >= 0.6 is 11.3 Å². The predicted octanol–water partition coefficient (Wildman–Crippen LogP) is 0.785. The van der Waals surface area contributed by atoms with Crippen LogP contribution in [0.15, 0.2) is 0 Å². The van der Waals surface area contributed by atoms with E-state index in [0.29, 0.717) is 16.3 Å². The van der Waals surface area contributed by atoms with Gasteiger partial charge in [0.05, 0.1) is 7.11 Å². The number of hydrogen-bond donors (Lipinski definition) is 2. The summed E-state index contributed by atoms with van der Waals surface area (Å²) in [6.07, 6.45) is 0. The first kappa shape index (κ1) is 13.0. The van der Waals surface area contributed by atoms with E-state index in [4.69, 9.17) is 15.7 Å². The number of ether oxygens (including phenoxy) is 1. The molecule has 1 aromatic heterocycles. The van der Waals surface area contributed by atoms with E-state index in [1.54, 1.807) is 7.11 Å². The molecule has 0 bridgehead atoms. The molecule has 6 nitrogen and oxygen atoms in total. The summed E-state index contributed by atoms with van der Waals surface area (Å²) in [5, 5.41) is 11.9. The largest absolute Gasteiger partial charge is 0.491 e. The second-order valence-electron chi connectivity index (χ2n) is 4.22. The lowest BCUT2D eigenvalue weighted by Gasteiger charge is -2.32. The number of likely N-dealkylation sites (N-methyl/N-ethyl adjacent to an activating group) is 1. The molecular formula is C11H17N5OS. The highest BCUT2D eigenvalue weighted by Gasteiger charge is 2.20. The third kappa shape index (κ3) is 2.51. The van der Waals surface area contributed by atoms with Crippen LogP contribution in [0.3, 0.4) is 0 Å². The van der Waals surface area contributed by atoms with Gasteiger partial charge < -0.3 is 20.8 Å². The van der Waals surface area contributed by atoms with Gasteiger partial charge in [-0.25, -0.2) is 5.01 Å². The van der Waals surface area contributed by atoms with Crippen LogP contribution < -0.4 is 15.9 Å². The van der Waals surface area contributed by atoms with Gasteiger partial charge in [-0.3, -0.25) is 0 Å². The van der Waals surface area contributed by atoms with Crippen LogP contribution in [0.2, 0.25) is 0 Å². The van der Waals surface area contributed by atoms with Crippen molar-refractivity contribution in [2.75, 3.05) is 51.5 Å². The summed E-state index contributed by atoms with van der Waals surface area (Å²) in [5.74, 6) is 0.565. The predicted molar refractivity (Wildman–Crippen MR) is 72.7 cm³/mol. The fourth-order valence-corrected chi connectivity index (χ4v) is 2.76. The van der Waals surface area contributed by atoms with E-state index in [1.807, 2.05) is 0 Å². The Morgan fingerprint density at radius 1 is 1.39 bits per heavy atom. The van der Waals surface area contributed by atoms with Crippen LogP contribution in [0, 0.1) is 11.3 Å². The van der Waals surface area contributed by atoms with E-state index in [9.17, 15) is 0 Å². The van der Waals surface area contributed by atoms with Gasteiger partial charge in [-0.1, -0.05) is 0 Å². The second kappa shape index (κ2) is 5.44. The Morgan fingerprint density at radius 2 is 2.06 bits per heavy atom. The quantitative estimate of drug-likeness (QED) is 0.843. The Kier molecular flexibility index (Phi) is 3.91. The average Bonchev–Trinajstić information content (AvgIpc) is 2.68. The highest BCUT2D eigenvalue weighted by molar-refractivity contribution is 7.17. The Hall–Kier alpha value is -1.49. The van der Waals surface area contributed by atoms with E-state index in [-0.39, 0.29) is 0 Å². The molecule has 3 N–H and O–H groups in total. The third-order valence-electron chi connectivity index (χ3n) is 2.97. The summed E-state index contributed by atoms with van der Waals surface area (Å²) < 4.78 is 5.26. The number of hydrogen-bond acceptors (Lipinski definition) is 7. The fourth-order valence-electron chi connectivity index (χ4n) is 1.85. The first-order chi connectivity index (χ1) is 8.65. The summed E-state index contributed by atoms with van der Waals surface area (Å²) in [6, 6.07) is 2.08. The Morgan fingerprint density at radius 3 is 2.61 bits per heavy atom. The van der Waals surface area contributed by atoms with Crippen molar-refractivity contribution >= 4 is 22.0 Å². The number of hydrazine groups is 1. The lowest BCUT2D eigenvalue weighted by atomic mass is 10.4. The molecule has 2 heterocycles. The van der Waals surface area contributed by atoms with Gasteiger partial charge in [0.25, 0.3) is 0 Å². The van der Waals surface area contributed by atoms with Gasteiger partial charge in [0.1, 0.15) is 21.6 Å². The van der Waals surface area contributed by atoms with E-state index < -0.39 is 0 Å². The lowest BCUT2D eigenvalue weighted by molar-refractivity contribution is 0.179. The maximum atomic E-state index is 8.97. The van der Waals surface area contributed by atoms with E-state index in [1.165, 1.54) is 11.3 Å². The summed E-state index contributed by atoms with van der Waals surface area (Å²) in [4.78, 5) is 2.77. The van der Waals surface area contributed by atoms with Crippen LogP contribution in [0.1, 0.15) is 4.88 Å². The molecule has 0 radical (unpaired) electrons. The monoisotopic (exact) mass is 267 g/mol. The van der Waals surface area contributed by atoms with Gasteiger partial charge in [0.2, 0.25) is 0 Å². The summed E-state index contributed by atoms with van der Waals surface area (Å²) in [6.45, 7) is 3.89. The minimum Gasteiger partial charge on any atom is -0.491 e. The molecule has 98 valence electrons. The number of rotatable bonds is 3. The Bertz CT molecular complexity index is 459. The zero-order chi connectivity index (χ0) is 13.1. The van der Waals surface area contributed by atoms with Crippen LogP contribution in [-0.2, 0) is 0 Å². The Labute approximate surface area is 111 Å². The number of nitrogen functional groups attached to an aromatic ring is 1. The molecule has 2 rings (SSSR count). The van der Waals surface area contributed by atoms with E-state index >= 15 is 0 Å². The molecule has 0 saturated carbocycles. The number of anilines is 2. The normalized spacial score (nSPS) is 17.4. The lowest BCUT2D eigenvalue weighted by Crippen LogP contribution is -2.46. The molecule has 1 aliphatic rings. The summed E-state index contributed by atoms with van der Waals surface area (Å²) >= 11 is 1.33. The van der Waals surface area contributed by atoms with Crippen molar-refractivity contribution in [1.29, 1.82) is 5.26 Å². The molecule has 1 fully saturated rings. The number of thiophene rings is 1. The van der Waals surface area contributed by atoms with Crippen LogP contribution in [0.5, 0.6) is 5.75 Å². The third-order valence-corrected chi connectivity index (χ3v) is 3.96. The fraction of sp³-hybridized carbons (Fsp3) is 0.545. The molecule has 18 heavy (non-hydrogen) atoms. The number of nitrogens with one attached hydrogen (secondary N) is 1. The van der Waals surface area contributed by atoms with Crippen molar-refractivity contribution in [2.45, 2.75) is 0 Å². The average molecular weight is 267 g/mol. The first-order valence-electron chi connectivity index (χ1n) is 5.72. The smallest absolute Gasteiger partial charge is 0.178 e. The Balaban J connectivity index is 2.12. The van der Waals surface area contributed by atoms with Gasteiger partial charge >= 0.3 is 0 Å². The SMILES string of the molecule is COc1c(NN2CCN(C)CC2)sc(C#N)c1N. The van der Waals surface area contributed by atoms with Crippen molar-refractivity contribution in [3.8, 4) is 11.8 Å². The number of piperazine rings is 1. The molecule has 0 aromatic carbocycles. The zero-order valence-corrected chi connectivity index (χ0v) is 11.4. The van der Waals surface area contributed by atoms with E-state index in [0.717, 1.165) is 31.2 Å². The molecule has 0 atom stereocenters. The van der Waals surface area contributed by atoms with Crippen LogP contribution in [0.4, 0.5) is 10.7 Å². The van der Waals surface area contributed by atoms with Crippen LogP contribution in [-0.4, -0.2) is 50.2 Å². The molecule has 0 aliphatic carbocycles. The van der Waals surface area contributed by atoms with Crippen molar-refractivity contribution in [2.24, 2.45) is 0 Å². The minimum absolute atomic E-state index is 0.418. The maximum Gasteiger partial charge on any atom is 0.178 e. The zero-order valence-electron chi connectivity index (χ0n) is 10.6. The molecule has 7 heteroatoms. The maximum absolute atomic E-state index is 8.97. The highest BCUT2D eigenvalue weighted by Crippen LogP contribution is 2.42. The van der Waals surface area contributed by atoms with E-state index in [2.05, 4.69) is 28.5 Å². The van der Waals surface area contributed by atoms with Gasteiger partial charge in [-0.15, -0.1) is 11.3 Å². The van der Waals surface area contributed by atoms with Crippen molar-refractivity contribution in [3.05, 3.63) is 4.88 Å². The second-order valence-corrected chi connectivity index (χ2v) is 5.24. The summed E-state index contributed by atoms with van der Waals surface area (Å²) in [5.41, 5.74) is 9.55. The minimum atomic E-state index is 0.418. The topological polar surface area (TPSA) is 77.5 Å². The standard InChI is InChI=1S/C11H17N5OS/c1-15-3-5-16(6-4-15)14-11-10(17-2)9(13)8(7-12)18-11/h14H,3-6,13H2,1-2H3. The molecule has 0 unspecified atom stereocenters. The molecule has 0 amide bonds. The first-order valence-corrected chi connectivity index (χ1v) is 6.54. The molecule has 1 aromatic rings. The number of nitrogens with two attached hydrogens (primary N) is 1. The van der Waals surface area contributed by atoms with Crippen molar-refractivity contribution < 1.29 is 4.74 Å². The van der Waals surface area contributed by atoms with Crippen molar-refractivity contribution in [1.82, 2.24) is 9.91 Å². The van der Waals surface area contributed by atoms with Gasteiger partial charge in [-0.2, -0.15) is 5.26 Å². The van der Waals surface area contributed by atoms with Gasteiger partial charge in [0, 0.05) is 26.2 Å². The molecular weight excluding hydrogens is 250 g/mol. The van der Waals surface area contributed by atoms with Crippen molar-refractivity contribution in [3.63, 3.8) is 0 Å². The highest BCUT2D eigenvalue weighted by atomic mass is 32.1. The molecule has 0 spiro atoms. The number of methoxy groups -OCH3 is 1.